The first-order chi connectivity index (χ1) is 15.6. The molecule has 2 aromatic carbocycles. The molecule has 0 aliphatic carbocycles. The second kappa shape index (κ2) is 9.96. The highest BCUT2D eigenvalue weighted by Crippen LogP contribution is 2.37. The van der Waals surface area contributed by atoms with E-state index >= 15 is 0 Å². The monoisotopic (exact) mass is 451 g/mol. The molecule has 0 amide bonds. The van der Waals surface area contributed by atoms with E-state index in [0.717, 1.165) is 22.6 Å². The van der Waals surface area contributed by atoms with Crippen LogP contribution in [-0.2, 0) is 11.6 Å². The van der Waals surface area contributed by atoms with E-state index in [4.69, 9.17) is 4.74 Å². The molecule has 0 saturated heterocycles. The van der Waals surface area contributed by atoms with Crippen molar-refractivity contribution in [2.24, 2.45) is 0 Å². The lowest BCUT2D eigenvalue weighted by Crippen LogP contribution is -2.53. The van der Waals surface area contributed by atoms with Gasteiger partial charge >= 0.3 is 11.8 Å². The molecule has 0 saturated carbocycles. The maximum absolute atomic E-state index is 12.8. The van der Waals surface area contributed by atoms with E-state index in [1.807, 2.05) is 12.1 Å². The molecular formula is C27H35N2O4. The Labute approximate surface area is 197 Å². The lowest BCUT2D eigenvalue weighted by atomic mass is 9.84. The Morgan fingerprint density at radius 1 is 0.939 bits per heavy atom. The summed E-state index contributed by atoms with van der Waals surface area (Å²) in [7, 11) is 0. The Balaban J connectivity index is 1.62. The van der Waals surface area contributed by atoms with Crippen molar-refractivity contribution in [2.45, 2.75) is 84.2 Å². The number of hydrogen-bond donors (Lipinski definition) is 0. The molecule has 0 bridgehead atoms. The molecule has 33 heavy (non-hydrogen) atoms. The number of esters is 1. The number of amidine groups is 1. The number of hydroxylamine groups is 3. The molecule has 0 N–H and O–H groups in total. The lowest BCUT2D eigenvalue weighted by Gasteiger charge is -2.32. The van der Waals surface area contributed by atoms with Crippen molar-refractivity contribution in [1.29, 1.82) is 0 Å². The van der Waals surface area contributed by atoms with Crippen LogP contribution in [0.3, 0.4) is 0 Å². The van der Waals surface area contributed by atoms with Gasteiger partial charge in [0.05, 0.1) is 11.1 Å². The molecular weight excluding hydrogens is 416 g/mol. The van der Waals surface area contributed by atoms with Crippen molar-refractivity contribution >= 4 is 11.8 Å². The van der Waals surface area contributed by atoms with Crippen LogP contribution >= 0.6 is 0 Å². The molecule has 3 rings (SSSR count). The highest BCUT2D eigenvalue weighted by Gasteiger charge is 2.59. The summed E-state index contributed by atoms with van der Waals surface area (Å²) in [5.41, 5.74) is 0.435. The molecule has 1 aliphatic rings. The van der Waals surface area contributed by atoms with Crippen molar-refractivity contribution in [3.05, 3.63) is 70.4 Å². The predicted molar refractivity (Wildman–Crippen MR) is 129 cm³/mol. The maximum Gasteiger partial charge on any atom is 0.343 e. The van der Waals surface area contributed by atoms with Crippen LogP contribution < -0.4 is 4.74 Å². The van der Waals surface area contributed by atoms with E-state index in [1.165, 1.54) is 31.2 Å². The van der Waals surface area contributed by atoms with Crippen molar-refractivity contribution in [2.75, 3.05) is 0 Å². The van der Waals surface area contributed by atoms with Gasteiger partial charge in [0.1, 0.15) is 11.3 Å². The largest absolute Gasteiger partial charge is 0.714 e. The zero-order valence-electron chi connectivity index (χ0n) is 20.4. The topological polar surface area (TPSA) is 75.5 Å². The summed E-state index contributed by atoms with van der Waals surface area (Å²) in [5.74, 6) is -0.0205. The molecule has 177 valence electrons. The quantitative estimate of drug-likeness (QED) is 0.156. The summed E-state index contributed by atoms with van der Waals surface area (Å²) in [4.78, 5) is 12.5. The average molecular weight is 452 g/mol. The highest BCUT2D eigenvalue weighted by molar-refractivity contribution is 5.96. The van der Waals surface area contributed by atoms with Crippen LogP contribution in [0.25, 0.3) is 0 Å². The van der Waals surface area contributed by atoms with E-state index < -0.39 is 17.0 Å². The SMILES string of the molecule is CCCCCCCc1ccc(C(=O)Oc2ccc(C3=[N+]([O-])C(C)(C)C(C)(C)N3[O])cc2)cc1. The average Bonchev–Trinajstić information content (AvgIpc) is 2.91. The van der Waals surface area contributed by atoms with Crippen LogP contribution in [0, 0.1) is 5.21 Å². The molecule has 6 nitrogen and oxygen atoms in total. The third-order valence-electron chi connectivity index (χ3n) is 6.98. The molecule has 0 atom stereocenters. The number of hydrogen-bond acceptors (Lipinski definition) is 4. The Hall–Kier alpha value is -2.86. The number of unbranched alkanes of at least 4 members (excludes halogenated alkanes) is 4. The molecule has 1 radical (unpaired) electrons. The number of carbonyl (C=O) groups excluding carboxylic acids is 1. The molecule has 2 aromatic rings. The summed E-state index contributed by atoms with van der Waals surface area (Å²) in [6.07, 6.45) is 7.20. The fourth-order valence-electron chi connectivity index (χ4n) is 3.92. The van der Waals surface area contributed by atoms with Gasteiger partial charge in [-0.15, -0.1) is 0 Å². The van der Waals surface area contributed by atoms with Crippen LogP contribution in [0.1, 0.15) is 88.2 Å². The fraction of sp³-hybridized carbons (Fsp3) is 0.481. The molecule has 0 unspecified atom stereocenters. The Kier molecular flexibility index (Phi) is 7.48. The third-order valence-corrected chi connectivity index (χ3v) is 6.98. The van der Waals surface area contributed by atoms with E-state index in [1.54, 1.807) is 64.1 Å². The van der Waals surface area contributed by atoms with Crippen LogP contribution in [0.15, 0.2) is 48.5 Å². The molecule has 0 fully saturated rings. The predicted octanol–water partition coefficient (Wildman–Crippen LogP) is 5.89. The van der Waals surface area contributed by atoms with E-state index in [2.05, 4.69) is 6.92 Å². The second-order valence-electron chi connectivity index (χ2n) is 9.81. The minimum Gasteiger partial charge on any atom is -0.714 e. The van der Waals surface area contributed by atoms with Gasteiger partial charge in [-0.05, 0) is 82.5 Å². The number of ether oxygens (including phenoxy) is 1. The molecule has 0 spiro atoms. The zero-order chi connectivity index (χ0) is 24.2. The van der Waals surface area contributed by atoms with Gasteiger partial charge in [0, 0.05) is 5.21 Å². The first-order valence-corrected chi connectivity index (χ1v) is 11.8. The standard InChI is InChI=1S/C27H35N2O4/c1-6-7-8-9-10-11-20-12-14-22(15-13-20)25(30)33-23-18-16-21(17-19-23)24-28(31)26(2,3)27(4,5)29(24)32/h12-19H,6-11H2,1-5H3. The minimum absolute atomic E-state index is 0.0631. The van der Waals surface area contributed by atoms with Crippen molar-refractivity contribution in [3.8, 4) is 5.75 Å². The second-order valence-corrected chi connectivity index (χ2v) is 9.81. The summed E-state index contributed by atoms with van der Waals surface area (Å²) < 4.78 is 6.26. The van der Waals surface area contributed by atoms with Crippen LogP contribution in [0.2, 0.25) is 0 Å². The number of rotatable bonds is 9. The van der Waals surface area contributed by atoms with Gasteiger partial charge in [0.15, 0.2) is 5.54 Å². The summed E-state index contributed by atoms with van der Waals surface area (Å²) in [6, 6.07) is 14.0. The first-order valence-electron chi connectivity index (χ1n) is 11.8. The smallest absolute Gasteiger partial charge is 0.343 e. The van der Waals surface area contributed by atoms with Gasteiger partial charge in [0.2, 0.25) is 0 Å². The third kappa shape index (κ3) is 5.06. The van der Waals surface area contributed by atoms with Crippen molar-refractivity contribution in [3.63, 3.8) is 0 Å². The van der Waals surface area contributed by atoms with Crippen LogP contribution in [-0.4, -0.2) is 32.7 Å². The number of carbonyl (C=O) groups is 1. The van der Waals surface area contributed by atoms with Crippen molar-refractivity contribution < 1.29 is 19.5 Å². The maximum atomic E-state index is 12.8. The molecule has 0 aromatic heterocycles. The minimum atomic E-state index is -0.878. The highest BCUT2D eigenvalue weighted by atomic mass is 16.5. The molecule has 6 heteroatoms. The van der Waals surface area contributed by atoms with Gasteiger partial charge in [-0.3, -0.25) is 4.74 Å². The van der Waals surface area contributed by atoms with E-state index in [0.29, 0.717) is 16.9 Å². The van der Waals surface area contributed by atoms with E-state index in [-0.39, 0.29) is 5.84 Å². The molecule has 1 heterocycles. The first kappa shape index (κ1) is 24.8. The fourth-order valence-corrected chi connectivity index (χ4v) is 3.92. The number of aryl methyl sites for hydroxylation is 1. The van der Waals surface area contributed by atoms with Gasteiger partial charge in [-0.2, -0.15) is 0 Å². The van der Waals surface area contributed by atoms with Gasteiger partial charge in [-0.25, -0.2) is 4.79 Å². The lowest BCUT2D eigenvalue weighted by molar-refractivity contribution is -0.539. The molecule has 1 aliphatic heterocycles. The van der Waals surface area contributed by atoms with Gasteiger partial charge in [-0.1, -0.05) is 49.8 Å². The van der Waals surface area contributed by atoms with Crippen LogP contribution in [0.5, 0.6) is 5.75 Å². The summed E-state index contributed by atoms with van der Waals surface area (Å²) in [6.45, 7) is 9.23. The van der Waals surface area contributed by atoms with Gasteiger partial charge in [0.25, 0.3) is 0 Å². The van der Waals surface area contributed by atoms with Crippen LogP contribution in [0.4, 0.5) is 0 Å². The Morgan fingerprint density at radius 3 is 2.09 bits per heavy atom. The van der Waals surface area contributed by atoms with E-state index in [9.17, 15) is 15.2 Å². The Bertz CT molecular complexity index is 992. The Morgan fingerprint density at radius 2 is 1.55 bits per heavy atom. The zero-order valence-corrected chi connectivity index (χ0v) is 20.4. The number of nitrogens with zero attached hydrogens (tertiary/aromatic N) is 2. The summed E-state index contributed by atoms with van der Waals surface area (Å²) >= 11 is 0. The normalized spacial score (nSPS) is 16.8. The summed E-state index contributed by atoms with van der Waals surface area (Å²) in [5, 5.41) is 26.4. The van der Waals surface area contributed by atoms with Gasteiger partial charge < -0.3 is 9.94 Å². The van der Waals surface area contributed by atoms with Crippen molar-refractivity contribution in [1.82, 2.24) is 5.06 Å². The number of benzene rings is 2.